The van der Waals surface area contributed by atoms with Crippen LogP contribution in [0, 0.1) is 30.1 Å². The molecule has 1 N–H and O–H groups in total. The van der Waals surface area contributed by atoms with Gasteiger partial charge >= 0.3 is 0 Å². The molecule has 1 amide bonds. The van der Waals surface area contributed by atoms with E-state index in [2.05, 4.69) is 30.4 Å². The molecule has 110 valence electrons. The summed E-state index contributed by atoms with van der Waals surface area (Å²) in [6.07, 6.45) is 1.74. The Morgan fingerprint density at radius 1 is 1.48 bits per heavy atom. The molecule has 0 radical (unpaired) electrons. The molecule has 1 aromatic rings. The third-order valence-electron chi connectivity index (χ3n) is 4.59. The van der Waals surface area contributed by atoms with Crippen molar-refractivity contribution in [3.05, 3.63) is 35.4 Å². The lowest BCUT2D eigenvalue weighted by atomic mass is 9.99. The fraction of sp³-hybridized carbons (Fsp3) is 0.529. The molecule has 2 aliphatic rings. The number of nitriles is 1. The largest absolute Gasteiger partial charge is 0.381 e. The number of benzene rings is 1. The predicted molar refractivity (Wildman–Crippen MR) is 78.5 cm³/mol. The average Bonchev–Trinajstić information content (AvgIpc) is 3.10. The molecule has 1 aliphatic heterocycles. The molecular weight excluding hydrogens is 264 g/mol. The van der Waals surface area contributed by atoms with Crippen LogP contribution in [0.5, 0.6) is 0 Å². The monoisotopic (exact) mass is 284 g/mol. The van der Waals surface area contributed by atoms with Gasteiger partial charge in [-0.05, 0) is 36.8 Å². The zero-order valence-corrected chi connectivity index (χ0v) is 12.2. The summed E-state index contributed by atoms with van der Waals surface area (Å²) in [5.74, 6) is 0.478. The zero-order valence-electron chi connectivity index (χ0n) is 12.2. The zero-order chi connectivity index (χ0) is 14.8. The van der Waals surface area contributed by atoms with Crippen molar-refractivity contribution in [2.75, 3.05) is 13.2 Å². The van der Waals surface area contributed by atoms with Crippen LogP contribution in [-0.2, 0) is 9.53 Å². The van der Waals surface area contributed by atoms with Gasteiger partial charge in [-0.15, -0.1) is 0 Å². The van der Waals surface area contributed by atoms with Gasteiger partial charge in [0.25, 0.3) is 0 Å². The standard InChI is InChI=1S/C17H20N2O2/c1-11-4-2-3-5-13(11)14-8-15(14)17(20)19-16(9-18)12-6-7-21-10-12/h2-5,12,14-16H,6-8,10H2,1H3,(H,19,20). The molecule has 21 heavy (non-hydrogen) atoms. The van der Waals surface area contributed by atoms with Gasteiger partial charge in [-0.1, -0.05) is 24.3 Å². The maximum absolute atomic E-state index is 12.3. The van der Waals surface area contributed by atoms with Gasteiger partial charge in [0.15, 0.2) is 0 Å². The summed E-state index contributed by atoms with van der Waals surface area (Å²) in [4.78, 5) is 12.3. The smallest absolute Gasteiger partial charge is 0.224 e. The number of hydrogen-bond acceptors (Lipinski definition) is 3. The van der Waals surface area contributed by atoms with Crippen molar-refractivity contribution in [3.63, 3.8) is 0 Å². The molecule has 4 nitrogen and oxygen atoms in total. The van der Waals surface area contributed by atoms with Gasteiger partial charge in [0, 0.05) is 18.4 Å². The summed E-state index contributed by atoms with van der Waals surface area (Å²) in [5.41, 5.74) is 2.49. The summed E-state index contributed by atoms with van der Waals surface area (Å²) in [6.45, 7) is 3.34. The summed E-state index contributed by atoms with van der Waals surface area (Å²) in [7, 11) is 0. The second kappa shape index (κ2) is 5.87. The molecule has 1 aliphatic carbocycles. The van der Waals surface area contributed by atoms with E-state index in [9.17, 15) is 10.1 Å². The molecule has 0 bridgehead atoms. The highest BCUT2D eigenvalue weighted by atomic mass is 16.5. The molecule has 1 saturated carbocycles. The van der Waals surface area contributed by atoms with Gasteiger partial charge in [-0.3, -0.25) is 4.79 Å². The number of ether oxygens (including phenoxy) is 1. The van der Waals surface area contributed by atoms with Crippen LogP contribution in [0.4, 0.5) is 0 Å². The predicted octanol–water partition coefficient (Wildman–Crippen LogP) is 2.14. The van der Waals surface area contributed by atoms with Crippen LogP contribution in [0.1, 0.15) is 29.9 Å². The second-order valence-electron chi connectivity index (χ2n) is 6.04. The maximum atomic E-state index is 12.3. The van der Waals surface area contributed by atoms with E-state index in [0.29, 0.717) is 19.1 Å². The molecule has 1 aromatic carbocycles. The minimum atomic E-state index is -0.418. The highest BCUT2D eigenvalue weighted by Crippen LogP contribution is 2.48. The minimum absolute atomic E-state index is 0.0155. The Labute approximate surface area is 125 Å². The van der Waals surface area contributed by atoms with Crippen LogP contribution in [-0.4, -0.2) is 25.2 Å². The van der Waals surface area contributed by atoms with E-state index >= 15 is 0 Å². The van der Waals surface area contributed by atoms with Crippen LogP contribution in [0.2, 0.25) is 0 Å². The molecule has 4 heteroatoms. The van der Waals surface area contributed by atoms with E-state index in [1.807, 2.05) is 12.1 Å². The van der Waals surface area contributed by atoms with Crippen LogP contribution >= 0.6 is 0 Å². The third kappa shape index (κ3) is 2.93. The van der Waals surface area contributed by atoms with E-state index in [0.717, 1.165) is 12.8 Å². The van der Waals surface area contributed by atoms with Gasteiger partial charge in [-0.25, -0.2) is 0 Å². The van der Waals surface area contributed by atoms with Crippen molar-refractivity contribution in [1.29, 1.82) is 5.26 Å². The lowest BCUT2D eigenvalue weighted by Gasteiger charge is -2.16. The van der Waals surface area contributed by atoms with E-state index < -0.39 is 6.04 Å². The van der Waals surface area contributed by atoms with Crippen molar-refractivity contribution in [1.82, 2.24) is 5.32 Å². The first-order valence-electron chi connectivity index (χ1n) is 7.54. The first-order chi connectivity index (χ1) is 10.2. The Morgan fingerprint density at radius 2 is 2.29 bits per heavy atom. The number of carbonyl (C=O) groups is 1. The Balaban J connectivity index is 1.60. The molecule has 4 unspecified atom stereocenters. The Bertz CT molecular complexity index is 572. The van der Waals surface area contributed by atoms with E-state index in [4.69, 9.17) is 4.74 Å². The normalized spacial score (nSPS) is 28.7. The third-order valence-corrected chi connectivity index (χ3v) is 4.59. The number of hydrogen-bond donors (Lipinski definition) is 1. The van der Waals surface area contributed by atoms with Gasteiger partial charge in [0.05, 0.1) is 12.7 Å². The average molecular weight is 284 g/mol. The highest BCUT2D eigenvalue weighted by Gasteiger charge is 2.45. The first-order valence-corrected chi connectivity index (χ1v) is 7.54. The molecule has 1 saturated heterocycles. The number of nitrogens with one attached hydrogen (secondary N) is 1. The molecule has 3 rings (SSSR count). The summed E-state index contributed by atoms with van der Waals surface area (Å²) in [6, 6.07) is 10.0. The van der Waals surface area contributed by atoms with Gasteiger partial charge in [0.2, 0.25) is 5.91 Å². The van der Waals surface area contributed by atoms with Crippen molar-refractivity contribution in [2.45, 2.75) is 31.7 Å². The van der Waals surface area contributed by atoms with Crippen molar-refractivity contribution >= 4 is 5.91 Å². The Morgan fingerprint density at radius 3 is 2.95 bits per heavy atom. The Kier molecular flexibility index (Phi) is 3.94. The maximum Gasteiger partial charge on any atom is 0.224 e. The van der Waals surface area contributed by atoms with Crippen LogP contribution in [0.3, 0.4) is 0 Å². The first kappa shape index (κ1) is 14.1. The minimum Gasteiger partial charge on any atom is -0.381 e. The molecule has 0 spiro atoms. The fourth-order valence-electron chi connectivity index (χ4n) is 3.16. The molecule has 2 fully saturated rings. The van der Waals surface area contributed by atoms with E-state index in [1.54, 1.807) is 0 Å². The number of nitrogens with zero attached hydrogens (tertiary/aromatic N) is 1. The second-order valence-corrected chi connectivity index (χ2v) is 6.04. The summed E-state index contributed by atoms with van der Waals surface area (Å²) in [5, 5.41) is 12.2. The van der Waals surface area contributed by atoms with Crippen molar-refractivity contribution in [3.8, 4) is 6.07 Å². The van der Waals surface area contributed by atoms with Crippen molar-refractivity contribution < 1.29 is 9.53 Å². The quantitative estimate of drug-likeness (QED) is 0.921. The number of rotatable bonds is 4. The molecule has 4 atom stereocenters. The number of amides is 1. The lowest BCUT2D eigenvalue weighted by Crippen LogP contribution is -2.40. The van der Waals surface area contributed by atoms with Crippen LogP contribution < -0.4 is 5.32 Å². The fourth-order valence-corrected chi connectivity index (χ4v) is 3.16. The van der Waals surface area contributed by atoms with Gasteiger partial charge < -0.3 is 10.1 Å². The molecular formula is C17H20N2O2. The Hall–Kier alpha value is -1.86. The number of carbonyl (C=O) groups excluding carboxylic acids is 1. The summed E-state index contributed by atoms with van der Waals surface area (Å²) >= 11 is 0. The highest BCUT2D eigenvalue weighted by molar-refractivity contribution is 5.83. The van der Waals surface area contributed by atoms with Crippen molar-refractivity contribution in [2.24, 2.45) is 11.8 Å². The molecule has 0 aromatic heterocycles. The molecule has 1 heterocycles. The van der Waals surface area contributed by atoms with Crippen LogP contribution in [0.15, 0.2) is 24.3 Å². The van der Waals surface area contributed by atoms with E-state index in [1.165, 1.54) is 11.1 Å². The van der Waals surface area contributed by atoms with Gasteiger partial charge in [0.1, 0.15) is 6.04 Å². The van der Waals surface area contributed by atoms with E-state index in [-0.39, 0.29) is 17.7 Å². The lowest BCUT2D eigenvalue weighted by molar-refractivity contribution is -0.123. The SMILES string of the molecule is Cc1ccccc1C1CC1C(=O)NC(C#N)C1CCOC1. The topological polar surface area (TPSA) is 62.1 Å². The number of aryl methyl sites for hydroxylation is 1. The summed E-state index contributed by atoms with van der Waals surface area (Å²) < 4.78 is 5.30. The van der Waals surface area contributed by atoms with Gasteiger partial charge in [-0.2, -0.15) is 5.26 Å². The van der Waals surface area contributed by atoms with Crippen LogP contribution in [0.25, 0.3) is 0 Å².